The average molecular weight is 241 g/mol. The molecule has 0 bridgehead atoms. The smallest absolute Gasteiger partial charge is 0.133 e. The zero-order valence-corrected chi connectivity index (χ0v) is 10.5. The van der Waals surface area contributed by atoms with Gasteiger partial charge < -0.3 is 5.48 Å². The van der Waals surface area contributed by atoms with Crippen molar-refractivity contribution in [3.8, 4) is 5.40 Å². The molecule has 1 aromatic rings. The van der Waals surface area contributed by atoms with Crippen molar-refractivity contribution in [2.45, 2.75) is 18.1 Å². The van der Waals surface area contributed by atoms with Crippen molar-refractivity contribution >= 4 is 21.0 Å². The van der Waals surface area contributed by atoms with E-state index in [9.17, 15) is 0 Å². The van der Waals surface area contributed by atoms with Crippen LogP contribution in [0.25, 0.3) is 0 Å². The van der Waals surface area contributed by atoms with Gasteiger partial charge in [-0.1, -0.05) is 30.3 Å². The Hall–Kier alpha value is -0.550. The molecule has 4 heteroatoms. The number of benzene rings is 1. The normalized spacial score (nSPS) is 11.2. The van der Waals surface area contributed by atoms with E-state index < -0.39 is 0 Å². The maximum Gasteiger partial charge on any atom is 0.133 e. The quantitative estimate of drug-likeness (QED) is 0.586. The third-order valence-corrected chi connectivity index (χ3v) is 3.86. The van der Waals surface area contributed by atoms with Crippen molar-refractivity contribution in [1.29, 1.82) is 5.26 Å². The monoisotopic (exact) mass is 241 g/mol. The second-order valence-corrected chi connectivity index (χ2v) is 4.65. The summed E-state index contributed by atoms with van der Waals surface area (Å²) in [7, 11) is 2.71. The van der Waals surface area contributed by atoms with Gasteiger partial charge in [0.05, 0.1) is 0 Å². The van der Waals surface area contributed by atoms with Crippen LogP contribution in [0.2, 0.25) is 0 Å². The van der Waals surface area contributed by atoms with Gasteiger partial charge in [0.15, 0.2) is 0 Å². The molecule has 2 N–H and O–H groups in total. The maximum atomic E-state index is 8.57. The summed E-state index contributed by atoms with van der Waals surface area (Å²) in [5.41, 5.74) is 1.36. The van der Waals surface area contributed by atoms with Crippen LogP contribution in [-0.4, -0.2) is 16.9 Å². The van der Waals surface area contributed by atoms with Crippen molar-refractivity contribution in [3.05, 3.63) is 35.9 Å². The van der Waals surface area contributed by atoms with Crippen LogP contribution in [0, 0.1) is 10.7 Å². The first-order chi connectivity index (χ1) is 6.86. The topological polar surface area (TPSA) is 55.3 Å². The molecule has 0 aliphatic rings. The van der Waals surface area contributed by atoms with Crippen molar-refractivity contribution in [2.75, 3.05) is 6.16 Å². The van der Waals surface area contributed by atoms with Crippen LogP contribution in [0.5, 0.6) is 0 Å². The summed E-state index contributed by atoms with van der Waals surface area (Å²) >= 11 is 1.38. The van der Waals surface area contributed by atoms with Crippen LogP contribution < -0.4 is 0 Å². The van der Waals surface area contributed by atoms with Gasteiger partial charge in [0.25, 0.3) is 0 Å². The summed E-state index contributed by atoms with van der Waals surface area (Å²) in [4.78, 5) is 0. The molecule has 0 spiro atoms. The van der Waals surface area contributed by atoms with E-state index in [1.807, 2.05) is 6.07 Å². The largest absolute Gasteiger partial charge is 0.412 e. The lowest BCUT2D eigenvalue weighted by molar-refractivity contribution is 0.821. The predicted molar refractivity (Wildman–Crippen MR) is 69.9 cm³/mol. The summed E-state index contributed by atoms with van der Waals surface area (Å²) in [6, 6.07) is 10.4. The van der Waals surface area contributed by atoms with Gasteiger partial charge in [0.2, 0.25) is 0 Å². The molecule has 2 atom stereocenters. The molecule has 2 unspecified atom stereocenters. The summed E-state index contributed by atoms with van der Waals surface area (Å²) in [5.74, 6) is 0. The highest BCUT2D eigenvalue weighted by molar-refractivity contribution is 8.04. The minimum atomic E-state index is 0. The Balaban J connectivity index is 0.00000196. The van der Waals surface area contributed by atoms with Crippen molar-refractivity contribution < 1.29 is 5.48 Å². The molecule has 0 radical (unpaired) electrons. The number of hydrogen-bond donors (Lipinski definition) is 0. The van der Waals surface area contributed by atoms with E-state index in [4.69, 9.17) is 5.26 Å². The molecule has 0 heterocycles. The molecule has 0 saturated heterocycles. The molecule has 0 amide bonds. The fourth-order valence-electron chi connectivity index (χ4n) is 1.27. The Kier molecular flexibility index (Phi) is 8.41. The van der Waals surface area contributed by atoms with Gasteiger partial charge in [-0.25, -0.2) is 0 Å². The van der Waals surface area contributed by atoms with Crippen LogP contribution in [-0.2, 0) is 6.42 Å². The third-order valence-electron chi connectivity index (χ3n) is 2.08. The summed E-state index contributed by atoms with van der Waals surface area (Å²) in [5, 5.41) is 11.2. The predicted octanol–water partition coefficient (Wildman–Crippen LogP) is 2.25. The lowest BCUT2D eigenvalue weighted by atomic mass is 10.1. The van der Waals surface area contributed by atoms with E-state index in [-0.39, 0.29) is 5.48 Å². The highest BCUT2D eigenvalue weighted by atomic mass is 32.2. The van der Waals surface area contributed by atoms with Crippen molar-refractivity contribution in [2.24, 2.45) is 0 Å². The number of thioether (sulfide) groups is 1. The second-order valence-electron chi connectivity index (χ2n) is 3.09. The molecule has 0 saturated carbocycles. The Morgan fingerprint density at radius 1 is 1.33 bits per heavy atom. The summed E-state index contributed by atoms with van der Waals surface area (Å²) in [6.07, 6.45) is 3.13. The van der Waals surface area contributed by atoms with Gasteiger partial charge >= 0.3 is 0 Å². The molecule has 0 aliphatic heterocycles. The number of thiocyanates is 1. The molecule has 1 rings (SSSR count). The van der Waals surface area contributed by atoms with Crippen LogP contribution >= 0.6 is 21.0 Å². The Labute approximate surface area is 97.6 Å². The second kappa shape index (κ2) is 8.73. The molecule has 0 aromatic heterocycles. The Morgan fingerprint density at radius 2 is 2.00 bits per heavy atom. The van der Waals surface area contributed by atoms with Gasteiger partial charge in [0.1, 0.15) is 5.40 Å². The average Bonchev–Trinajstić information content (AvgIpc) is 2.25. The molecular weight excluding hydrogens is 225 g/mol. The van der Waals surface area contributed by atoms with Gasteiger partial charge in [-0.3, -0.25) is 0 Å². The van der Waals surface area contributed by atoms with Crippen LogP contribution in [0.3, 0.4) is 0 Å². The van der Waals surface area contributed by atoms with Crippen LogP contribution in [0.15, 0.2) is 30.3 Å². The summed E-state index contributed by atoms with van der Waals surface area (Å²) in [6.45, 7) is 0. The fourth-order valence-corrected chi connectivity index (χ4v) is 2.28. The van der Waals surface area contributed by atoms with E-state index in [1.165, 1.54) is 17.3 Å². The minimum Gasteiger partial charge on any atom is -0.412 e. The van der Waals surface area contributed by atoms with Gasteiger partial charge in [-0.05, 0) is 36.3 Å². The van der Waals surface area contributed by atoms with Gasteiger partial charge in [-0.2, -0.15) is 5.26 Å². The highest BCUT2D eigenvalue weighted by Gasteiger charge is 2.06. The Bertz CT molecular complexity index is 299. The van der Waals surface area contributed by atoms with Gasteiger partial charge in [-0.15, -0.1) is 9.24 Å². The number of nitrogens with zero attached hydrogens (tertiary/aromatic N) is 1. The molecule has 2 nitrogen and oxygen atoms in total. The standard InChI is InChI=1S/C11H14NPS.H2O/c12-9-14-11(8-13)7-6-10-4-2-1-3-5-10;/h1-5,11H,6-8,13H2;1H2. The first-order valence-electron chi connectivity index (χ1n) is 4.65. The highest BCUT2D eigenvalue weighted by Crippen LogP contribution is 2.18. The molecular formula is C11H16NOPS. The molecule has 82 valence electrons. The zero-order valence-electron chi connectivity index (χ0n) is 8.52. The number of nitriles is 1. The molecule has 1 aromatic carbocycles. The van der Waals surface area contributed by atoms with E-state index in [1.54, 1.807) is 0 Å². The lowest BCUT2D eigenvalue weighted by Gasteiger charge is -2.08. The number of aryl methyl sites for hydroxylation is 1. The van der Waals surface area contributed by atoms with Crippen LogP contribution in [0.4, 0.5) is 0 Å². The van der Waals surface area contributed by atoms with Crippen molar-refractivity contribution in [3.63, 3.8) is 0 Å². The zero-order chi connectivity index (χ0) is 10.2. The lowest BCUT2D eigenvalue weighted by Crippen LogP contribution is -2.04. The first-order valence-corrected chi connectivity index (χ1v) is 6.35. The van der Waals surface area contributed by atoms with E-state index in [2.05, 4.69) is 38.9 Å². The van der Waals surface area contributed by atoms with E-state index in [0.29, 0.717) is 5.25 Å². The summed E-state index contributed by atoms with van der Waals surface area (Å²) < 4.78 is 0. The first kappa shape index (κ1) is 14.5. The van der Waals surface area contributed by atoms with E-state index in [0.717, 1.165) is 19.0 Å². The number of rotatable bonds is 5. The molecule has 15 heavy (non-hydrogen) atoms. The van der Waals surface area contributed by atoms with Crippen molar-refractivity contribution in [1.82, 2.24) is 0 Å². The molecule has 0 fully saturated rings. The maximum absolute atomic E-state index is 8.57. The Morgan fingerprint density at radius 3 is 2.53 bits per heavy atom. The SMILES string of the molecule is N#CSC(CP)CCc1ccccc1.O. The fraction of sp³-hybridized carbons (Fsp3) is 0.364. The molecule has 0 aliphatic carbocycles. The third kappa shape index (κ3) is 5.79. The van der Waals surface area contributed by atoms with E-state index >= 15 is 0 Å². The number of hydrogen-bond acceptors (Lipinski definition) is 2. The van der Waals surface area contributed by atoms with Gasteiger partial charge in [0, 0.05) is 5.25 Å². The van der Waals surface area contributed by atoms with Crippen LogP contribution in [0.1, 0.15) is 12.0 Å². The minimum absolute atomic E-state index is 0.